The molecule has 1 heterocycles. The molecule has 0 bridgehead atoms. The lowest BCUT2D eigenvalue weighted by Crippen LogP contribution is -2.11. The van der Waals surface area contributed by atoms with Crippen LogP contribution in [0.2, 0.25) is 5.28 Å². The molecule has 8 heteroatoms. The van der Waals surface area contributed by atoms with Gasteiger partial charge in [0.05, 0.1) is 0 Å². The van der Waals surface area contributed by atoms with Gasteiger partial charge >= 0.3 is 5.97 Å². The van der Waals surface area contributed by atoms with Crippen LogP contribution in [0.3, 0.4) is 0 Å². The van der Waals surface area contributed by atoms with Crippen LogP contribution in [0.5, 0.6) is 0 Å². The molecular formula is C11H13ClN4O3. The second-order valence-corrected chi connectivity index (χ2v) is 3.86. The van der Waals surface area contributed by atoms with E-state index in [-0.39, 0.29) is 17.5 Å². The first-order chi connectivity index (χ1) is 9.01. The quantitative estimate of drug-likeness (QED) is 0.398. The summed E-state index contributed by atoms with van der Waals surface area (Å²) in [4.78, 5) is 29.2. The zero-order valence-electron chi connectivity index (χ0n) is 10.0. The highest BCUT2D eigenvalue weighted by Gasteiger charge is 2.05. The summed E-state index contributed by atoms with van der Waals surface area (Å²) in [6, 6.07) is 1.49. The first kappa shape index (κ1) is 14.9. The molecule has 1 aromatic rings. The normalized spacial score (nSPS) is 9.74. The van der Waals surface area contributed by atoms with E-state index in [0.29, 0.717) is 18.8 Å². The first-order valence-electron chi connectivity index (χ1n) is 5.45. The molecule has 0 unspecified atom stereocenters. The van der Waals surface area contributed by atoms with Gasteiger partial charge in [0.2, 0.25) is 11.2 Å². The first-order valence-corrected chi connectivity index (χ1v) is 5.82. The van der Waals surface area contributed by atoms with Crippen LogP contribution in [0.4, 0.5) is 11.6 Å². The molecule has 0 radical (unpaired) electrons. The average molecular weight is 285 g/mol. The number of anilines is 2. The molecule has 0 saturated carbocycles. The van der Waals surface area contributed by atoms with E-state index in [1.165, 1.54) is 6.07 Å². The number of rotatable bonds is 7. The molecule has 0 saturated heterocycles. The second kappa shape index (κ2) is 7.32. The van der Waals surface area contributed by atoms with E-state index in [2.05, 4.69) is 27.2 Å². The van der Waals surface area contributed by atoms with Crippen molar-refractivity contribution in [1.29, 1.82) is 0 Å². The van der Waals surface area contributed by atoms with Crippen LogP contribution in [0.25, 0.3) is 0 Å². The van der Waals surface area contributed by atoms with Gasteiger partial charge in [-0.15, -0.1) is 0 Å². The average Bonchev–Trinajstić information content (AvgIpc) is 2.33. The Hall–Kier alpha value is -2.15. The minimum Gasteiger partial charge on any atom is -0.481 e. The number of hydrogen-bond acceptors (Lipinski definition) is 5. The highest BCUT2D eigenvalue weighted by molar-refractivity contribution is 6.28. The fourth-order valence-electron chi connectivity index (χ4n) is 1.21. The number of halogens is 1. The van der Waals surface area contributed by atoms with E-state index < -0.39 is 11.9 Å². The Morgan fingerprint density at radius 3 is 2.74 bits per heavy atom. The van der Waals surface area contributed by atoms with Crippen molar-refractivity contribution in [3.8, 4) is 0 Å². The van der Waals surface area contributed by atoms with Crippen molar-refractivity contribution in [2.75, 3.05) is 17.2 Å². The van der Waals surface area contributed by atoms with Crippen molar-refractivity contribution in [1.82, 2.24) is 9.97 Å². The van der Waals surface area contributed by atoms with Crippen LogP contribution in [-0.4, -0.2) is 33.5 Å². The number of amides is 1. The molecule has 0 aromatic carbocycles. The molecule has 102 valence electrons. The summed E-state index contributed by atoms with van der Waals surface area (Å²) in [7, 11) is 0. The van der Waals surface area contributed by atoms with Gasteiger partial charge in [0.25, 0.3) is 0 Å². The zero-order chi connectivity index (χ0) is 14.3. The van der Waals surface area contributed by atoms with Crippen LogP contribution in [-0.2, 0) is 9.59 Å². The number of nitrogens with zero attached hydrogens (tertiary/aromatic N) is 2. The Balaban J connectivity index is 2.60. The van der Waals surface area contributed by atoms with E-state index in [4.69, 9.17) is 16.7 Å². The van der Waals surface area contributed by atoms with E-state index in [1.807, 2.05) is 0 Å². The molecule has 0 fully saturated rings. The van der Waals surface area contributed by atoms with Crippen LogP contribution in [0.1, 0.15) is 12.8 Å². The second-order valence-electron chi connectivity index (χ2n) is 3.52. The lowest BCUT2D eigenvalue weighted by atomic mass is 10.3. The summed E-state index contributed by atoms with van der Waals surface area (Å²) in [5.74, 6) is -0.622. The van der Waals surface area contributed by atoms with Gasteiger partial charge in [0.1, 0.15) is 11.6 Å². The maximum absolute atomic E-state index is 11.1. The van der Waals surface area contributed by atoms with Gasteiger partial charge in [-0.25, -0.2) is 9.97 Å². The maximum Gasteiger partial charge on any atom is 0.303 e. The lowest BCUT2D eigenvalue weighted by Gasteiger charge is -2.07. The van der Waals surface area contributed by atoms with E-state index in [0.717, 1.165) is 6.08 Å². The number of aromatic nitrogens is 2. The van der Waals surface area contributed by atoms with E-state index in [9.17, 15) is 9.59 Å². The van der Waals surface area contributed by atoms with Crippen molar-refractivity contribution in [2.45, 2.75) is 12.8 Å². The monoisotopic (exact) mass is 284 g/mol. The van der Waals surface area contributed by atoms with Crippen LogP contribution >= 0.6 is 11.6 Å². The molecule has 7 nitrogen and oxygen atoms in total. The Labute approximate surface area is 114 Å². The smallest absolute Gasteiger partial charge is 0.303 e. The molecule has 1 aromatic heterocycles. The fraction of sp³-hybridized carbons (Fsp3) is 0.273. The highest BCUT2D eigenvalue weighted by atomic mass is 35.5. The standard InChI is InChI=1S/C11H13ClN4O3/c1-2-9(17)14-8-6-7(15-11(12)16-8)13-5-3-4-10(18)19/h2,6H,1,3-5H2,(H,18,19)(H2,13,14,15,16,17). The fourth-order valence-corrected chi connectivity index (χ4v) is 1.39. The van der Waals surface area contributed by atoms with Gasteiger partial charge in [-0.1, -0.05) is 6.58 Å². The third-order valence-electron chi connectivity index (χ3n) is 2.01. The Morgan fingerprint density at radius 2 is 2.11 bits per heavy atom. The van der Waals surface area contributed by atoms with Crippen LogP contribution in [0, 0.1) is 0 Å². The minimum absolute atomic E-state index is 0.0254. The highest BCUT2D eigenvalue weighted by Crippen LogP contribution is 2.14. The van der Waals surface area contributed by atoms with Crippen molar-refractivity contribution in [3.63, 3.8) is 0 Å². The van der Waals surface area contributed by atoms with Gasteiger partial charge in [-0.3, -0.25) is 9.59 Å². The predicted molar refractivity (Wildman–Crippen MR) is 71.2 cm³/mol. The Bertz CT molecular complexity index is 493. The molecule has 19 heavy (non-hydrogen) atoms. The lowest BCUT2D eigenvalue weighted by molar-refractivity contribution is -0.137. The summed E-state index contributed by atoms with van der Waals surface area (Å²) in [5, 5.41) is 13.8. The SMILES string of the molecule is C=CC(=O)Nc1cc(NCCCC(=O)O)nc(Cl)n1. The van der Waals surface area contributed by atoms with Gasteiger partial charge in [-0.05, 0) is 24.1 Å². The van der Waals surface area contributed by atoms with Crippen molar-refractivity contribution in [3.05, 3.63) is 24.0 Å². The molecular weight excluding hydrogens is 272 g/mol. The predicted octanol–water partition coefficient (Wildman–Crippen LogP) is 1.53. The summed E-state index contributed by atoms with van der Waals surface area (Å²) in [6.45, 7) is 3.74. The summed E-state index contributed by atoms with van der Waals surface area (Å²) < 4.78 is 0. The molecule has 1 amide bonds. The number of aliphatic carboxylic acids is 1. The molecule has 0 aliphatic carbocycles. The van der Waals surface area contributed by atoms with Crippen molar-refractivity contribution in [2.24, 2.45) is 0 Å². The summed E-state index contributed by atoms with van der Waals surface area (Å²) in [5.41, 5.74) is 0. The van der Waals surface area contributed by atoms with Gasteiger partial charge in [0, 0.05) is 19.0 Å². The molecule has 0 atom stereocenters. The Kier molecular flexibility index (Phi) is 5.74. The third kappa shape index (κ3) is 5.82. The molecule has 3 N–H and O–H groups in total. The molecule has 0 aliphatic rings. The number of hydrogen-bond donors (Lipinski definition) is 3. The number of carbonyl (C=O) groups is 2. The minimum atomic E-state index is -0.860. The summed E-state index contributed by atoms with van der Waals surface area (Å²) >= 11 is 5.71. The molecule has 1 rings (SSSR count). The van der Waals surface area contributed by atoms with Crippen molar-refractivity contribution >= 4 is 35.1 Å². The van der Waals surface area contributed by atoms with Crippen LogP contribution < -0.4 is 10.6 Å². The number of carboxylic acids is 1. The number of nitrogens with one attached hydrogen (secondary N) is 2. The van der Waals surface area contributed by atoms with E-state index in [1.54, 1.807) is 0 Å². The Morgan fingerprint density at radius 1 is 1.42 bits per heavy atom. The largest absolute Gasteiger partial charge is 0.481 e. The van der Waals surface area contributed by atoms with Crippen molar-refractivity contribution < 1.29 is 14.7 Å². The third-order valence-corrected chi connectivity index (χ3v) is 2.18. The molecule has 0 aliphatic heterocycles. The van der Waals surface area contributed by atoms with Gasteiger partial charge in [0.15, 0.2) is 0 Å². The van der Waals surface area contributed by atoms with Gasteiger partial charge < -0.3 is 15.7 Å². The topological polar surface area (TPSA) is 104 Å². The van der Waals surface area contributed by atoms with E-state index >= 15 is 0 Å². The maximum atomic E-state index is 11.1. The number of carboxylic acid groups (broad SMARTS) is 1. The molecule has 0 spiro atoms. The zero-order valence-corrected chi connectivity index (χ0v) is 10.8. The summed E-state index contributed by atoms with van der Waals surface area (Å²) in [6.07, 6.45) is 1.62. The number of carbonyl (C=O) groups excluding carboxylic acids is 1. The van der Waals surface area contributed by atoms with Gasteiger partial charge in [-0.2, -0.15) is 0 Å². The van der Waals surface area contributed by atoms with Crippen LogP contribution in [0.15, 0.2) is 18.7 Å².